The summed E-state index contributed by atoms with van der Waals surface area (Å²) in [6.45, 7) is 3.00. The summed E-state index contributed by atoms with van der Waals surface area (Å²) in [4.78, 5) is 0. The summed E-state index contributed by atoms with van der Waals surface area (Å²) in [5.41, 5.74) is 0.605. The molecule has 2 nitrogen and oxygen atoms in total. The highest BCUT2D eigenvalue weighted by Crippen LogP contribution is 2.42. The van der Waals surface area contributed by atoms with E-state index in [1.807, 2.05) is 6.26 Å². The molecule has 86 valence electrons. The molecule has 2 rings (SSSR count). The minimum Gasteiger partial charge on any atom is -0.501 e. The van der Waals surface area contributed by atoms with Gasteiger partial charge in [0.05, 0.1) is 18.5 Å². The van der Waals surface area contributed by atoms with Crippen LogP contribution in [0, 0.1) is 5.92 Å². The maximum absolute atomic E-state index is 10.8. The van der Waals surface area contributed by atoms with E-state index in [4.69, 9.17) is 4.74 Å². The molecule has 2 atom stereocenters. The molecule has 1 aliphatic heterocycles. The average molecular weight is 210 g/mol. The van der Waals surface area contributed by atoms with Crippen molar-refractivity contribution in [3.8, 4) is 0 Å². The van der Waals surface area contributed by atoms with Crippen molar-refractivity contribution >= 4 is 0 Å². The van der Waals surface area contributed by atoms with Crippen molar-refractivity contribution in [3.05, 3.63) is 11.8 Å². The van der Waals surface area contributed by atoms with Crippen LogP contribution < -0.4 is 0 Å². The van der Waals surface area contributed by atoms with Crippen molar-refractivity contribution in [2.45, 2.75) is 57.5 Å². The smallest absolute Gasteiger partial charge is 0.0916 e. The van der Waals surface area contributed by atoms with Crippen LogP contribution in [0.3, 0.4) is 0 Å². The summed E-state index contributed by atoms with van der Waals surface area (Å²) in [6.07, 6.45) is 9.52. The molecule has 15 heavy (non-hydrogen) atoms. The monoisotopic (exact) mass is 210 g/mol. The number of hydrogen-bond donors (Lipinski definition) is 1. The van der Waals surface area contributed by atoms with Crippen molar-refractivity contribution < 1.29 is 9.84 Å². The van der Waals surface area contributed by atoms with Crippen molar-refractivity contribution in [1.29, 1.82) is 0 Å². The van der Waals surface area contributed by atoms with Gasteiger partial charge in [-0.1, -0.05) is 26.2 Å². The zero-order valence-electron chi connectivity index (χ0n) is 9.67. The first kappa shape index (κ1) is 11.0. The summed E-state index contributed by atoms with van der Waals surface area (Å²) in [6, 6.07) is 0. The maximum Gasteiger partial charge on any atom is 0.0916 e. The van der Waals surface area contributed by atoms with Gasteiger partial charge in [-0.2, -0.15) is 0 Å². The fourth-order valence-corrected chi connectivity index (χ4v) is 3.08. The zero-order chi connectivity index (χ0) is 10.7. The molecule has 0 aromatic rings. The predicted octanol–water partition coefficient (Wildman–Crippen LogP) is 3.01. The molecule has 2 unspecified atom stereocenters. The van der Waals surface area contributed by atoms with E-state index in [-0.39, 0.29) is 0 Å². The molecule has 0 spiro atoms. The van der Waals surface area contributed by atoms with E-state index in [9.17, 15) is 5.11 Å². The molecule has 2 aliphatic rings. The van der Waals surface area contributed by atoms with Crippen LogP contribution >= 0.6 is 0 Å². The van der Waals surface area contributed by atoms with Gasteiger partial charge in [0.1, 0.15) is 0 Å². The van der Waals surface area contributed by atoms with Crippen LogP contribution in [0.1, 0.15) is 51.9 Å². The third kappa shape index (κ3) is 2.05. The molecule has 0 aromatic heterocycles. The molecule has 0 saturated heterocycles. The van der Waals surface area contributed by atoms with Gasteiger partial charge in [-0.3, -0.25) is 0 Å². The number of rotatable bonds is 2. The Hall–Kier alpha value is -0.500. The lowest BCUT2D eigenvalue weighted by atomic mass is 9.69. The standard InChI is InChI=1S/C13H22O2/c1-2-11-6-3-4-8-13(11,14)12-7-5-9-15-10-12/h10-11,14H,2-9H2,1H3. The molecule has 1 fully saturated rings. The van der Waals surface area contributed by atoms with Crippen molar-refractivity contribution in [2.75, 3.05) is 6.61 Å². The largest absolute Gasteiger partial charge is 0.501 e. The quantitative estimate of drug-likeness (QED) is 0.759. The van der Waals surface area contributed by atoms with Crippen LogP contribution in [0.2, 0.25) is 0 Å². The Morgan fingerprint density at radius 1 is 1.47 bits per heavy atom. The average Bonchev–Trinajstić information content (AvgIpc) is 2.31. The normalized spacial score (nSPS) is 36.9. The molecule has 0 amide bonds. The lowest BCUT2D eigenvalue weighted by Crippen LogP contribution is -2.43. The van der Waals surface area contributed by atoms with Gasteiger partial charge >= 0.3 is 0 Å². The molecule has 0 radical (unpaired) electrons. The van der Waals surface area contributed by atoms with Crippen molar-refractivity contribution in [3.63, 3.8) is 0 Å². The molecule has 0 aromatic carbocycles. The van der Waals surface area contributed by atoms with Gasteiger partial charge in [-0.25, -0.2) is 0 Å². The molecule has 1 N–H and O–H groups in total. The summed E-state index contributed by atoms with van der Waals surface area (Å²) >= 11 is 0. The van der Waals surface area contributed by atoms with E-state index in [1.165, 1.54) is 12.8 Å². The second kappa shape index (κ2) is 4.56. The predicted molar refractivity (Wildman–Crippen MR) is 60.5 cm³/mol. The topological polar surface area (TPSA) is 29.5 Å². The van der Waals surface area contributed by atoms with Gasteiger partial charge in [-0.05, 0) is 37.2 Å². The first-order valence-corrected chi connectivity index (χ1v) is 6.31. The van der Waals surface area contributed by atoms with Gasteiger partial charge < -0.3 is 9.84 Å². The summed E-state index contributed by atoms with van der Waals surface area (Å²) in [5.74, 6) is 0.444. The van der Waals surface area contributed by atoms with E-state index in [2.05, 4.69) is 6.92 Å². The fourth-order valence-electron chi connectivity index (χ4n) is 3.08. The molecule has 1 aliphatic carbocycles. The van der Waals surface area contributed by atoms with Crippen LogP contribution in [-0.4, -0.2) is 17.3 Å². The van der Waals surface area contributed by atoms with E-state index in [0.29, 0.717) is 5.92 Å². The second-order valence-electron chi connectivity index (χ2n) is 4.89. The zero-order valence-corrected chi connectivity index (χ0v) is 9.67. The maximum atomic E-state index is 10.8. The molecular formula is C13H22O2. The Balaban J connectivity index is 2.17. The van der Waals surface area contributed by atoms with Gasteiger partial charge in [0.25, 0.3) is 0 Å². The van der Waals surface area contributed by atoms with Crippen LogP contribution in [-0.2, 0) is 4.74 Å². The van der Waals surface area contributed by atoms with Crippen LogP contribution in [0.25, 0.3) is 0 Å². The molecule has 0 bridgehead atoms. The number of ether oxygens (including phenoxy) is 1. The Kier molecular flexibility index (Phi) is 3.35. The minimum absolute atomic E-state index is 0.444. The Morgan fingerprint density at radius 3 is 3.00 bits per heavy atom. The minimum atomic E-state index is -0.548. The summed E-state index contributed by atoms with van der Waals surface area (Å²) in [5, 5.41) is 10.8. The molecule has 1 saturated carbocycles. The van der Waals surface area contributed by atoms with E-state index < -0.39 is 5.60 Å². The lowest BCUT2D eigenvalue weighted by molar-refractivity contribution is -0.0256. The third-order valence-electron chi connectivity index (χ3n) is 4.02. The lowest BCUT2D eigenvalue weighted by Gasteiger charge is -2.42. The van der Waals surface area contributed by atoms with E-state index in [0.717, 1.165) is 44.3 Å². The van der Waals surface area contributed by atoms with Crippen molar-refractivity contribution in [2.24, 2.45) is 5.92 Å². The highest BCUT2D eigenvalue weighted by molar-refractivity contribution is 5.19. The number of aliphatic hydroxyl groups is 1. The summed E-state index contributed by atoms with van der Waals surface area (Å²) in [7, 11) is 0. The fraction of sp³-hybridized carbons (Fsp3) is 0.846. The molecule has 1 heterocycles. The van der Waals surface area contributed by atoms with E-state index >= 15 is 0 Å². The SMILES string of the molecule is CCC1CCCCC1(O)C1=COCCC1. The summed E-state index contributed by atoms with van der Waals surface area (Å²) < 4.78 is 5.37. The highest BCUT2D eigenvalue weighted by Gasteiger charge is 2.41. The van der Waals surface area contributed by atoms with Gasteiger partial charge in [0, 0.05) is 0 Å². The first-order valence-electron chi connectivity index (χ1n) is 6.31. The molecular weight excluding hydrogens is 188 g/mol. The Morgan fingerprint density at radius 2 is 2.33 bits per heavy atom. The number of hydrogen-bond acceptors (Lipinski definition) is 2. The Bertz CT molecular complexity index is 247. The van der Waals surface area contributed by atoms with Gasteiger partial charge in [0.15, 0.2) is 0 Å². The van der Waals surface area contributed by atoms with Crippen LogP contribution in [0.4, 0.5) is 0 Å². The molecule has 2 heteroatoms. The van der Waals surface area contributed by atoms with E-state index in [1.54, 1.807) is 0 Å². The van der Waals surface area contributed by atoms with Gasteiger partial charge in [0.2, 0.25) is 0 Å². The van der Waals surface area contributed by atoms with Crippen LogP contribution in [0.15, 0.2) is 11.8 Å². The highest BCUT2D eigenvalue weighted by atomic mass is 16.5. The van der Waals surface area contributed by atoms with Crippen LogP contribution in [0.5, 0.6) is 0 Å². The third-order valence-corrected chi connectivity index (χ3v) is 4.02. The Labute approximate surface area is 92.3 Å². The van der Waals surface area contributed by atoms with Gasteiger partial charge in [-0.15, -0.1) is 0 Å². The second-order valence-corrected chi connectivity index (χ2v) is 4.89. The first-order chi connectivity index (χ1) is 7.27. The van der Waals surface area contributed by atoms with Crippen molar-refractivity contribution in [1.82, 2.24) is 0 Å².